The molecule has 0 radical (unpaired) electrons. The van der Waals surface area contributed by atoms with E-state index in [0.29, 0.717) is 34.3 Å². The predicted octanol–water partition coefficient (Wildman–Crippen LogP) is 5.61. The lowest BCUT2D eigenvalue weighted by molar-refractivity contribution is 0.0952. The molecule has 2 N–H and O–H groups in total. The number of aromatic nitrogens is 2. The first-order valence-electron chi connectivity index (χ1n) is 12.0. The van der Waals surface area contributed by atoms with Crippen LogP contribution in [0.4, 0.5) is 5.95 Å². The van der Waals surface area contributed by atoms with Gasteiger partial charge >= 0.3 is 0 Å². The average Bonchev–Trinajstić information content (AvgIpc) is 3.54. The van der Waals surface area contributed by atoms with Gasteiger partial charge in [0.05, 0.1) is 16.1 Å². The fraction of sp³-hybridized carbons (Fsp3) is 0.480. The van der Waals surface area contributed by atoms with Crippen LogP contribution in [0.25, 0.3) is 20.7 Å². The van der Waals surface area contributed by atoms with Crippen LogP contribution in [-0.2, 0) is 0 Å². The van der Waals surface area contributed by atoms with Crippen LogP contribution in [0.5, 0.6) is 0 Å². The minimum absolute atomic E-state index is 0. The molecule has 3 aromatic rings. The van der Waals surface area contributed by atoms with Crippen molar-refractivity contribution in [2.75, 3.05) is 45.6 Å². The van der Waals surface area contributed by atoms with Crippen molar-refractivity contribution in [1.82, 2.24) is 25.1 Å². The normalized spacial score (nSPS) is 16.0. The van der Waals surface area contributed by atoms with Crippen LogP contribution in [-0.4, -0.2) is 78.0 Å². The van der Waals surface area contributed by atoms with Crippen molar-refractivity contribution in [2.45, 2.75) is 37.8 Å². The molecule has 3 heterocycles. The molecule has 7 nitrogen and oxygen atoms in total. The number of carbonyl (C=O) groups is 1. The number of hydrogen-bond acceptors (Lipinski definition) is 7. The number of hydrogen-bond donors (Lipinski definition) is 2. The van der Waals surface area contributed by atoms with Crippen LogP contribution in [0.3, 0.4) is 0 Å². The van der Waals surface area contributed by atoms with Gasteiger partial charge in [0.25, 0.3) is 5.91 Å². The molecule has 204 valence electrons. The maximum atomic E-state index is 12.7. The molecule has 0 spiro atoms. The number of anilines is 1. The van der Waals surface area contributed by atoms with Crippen LogP contribution in [0.15, 0.2) is 30.5 Å². The van der Waals surface area contributed by atoms with Gasteiger partial charge in [-0.3, -0.25) is 4.79 Å². The fourth-order valence-electron chi connectivity index (χ4n) is 4.45. The third-order valence-corrected chi connectivity index (χ3v) is 8.14. The molecule has 0 unspecified atom stereocenters. The van der Waals surface area contributed by atoms with Crippen molar-refractivity contribution in [2.24, 2.45) is 0 Å². The molecule has 0 atom stereocenters. The number of thiophene rings is 1. The molecule has 1 saturated heterocycles. The Balaban J connectivity index is 0.00000160. The lowest BCUT2D eigenvalue weighted by atomic mass is 10.0. The summed E-state index contributed by atoms with van der Waals surface area (Å²) in [6, 6.07) is 8.82. The maximum Gasteiger partial charge on any atom is 0.252 e. The predicted molar refractivity (Wildman–Crippen MR) is 162 cm³/mol. The molecule has 37 heavy (non-hydrogen) atoms. The molecule has 1 saturated carbocycles. The van der Waals surface area contributed by atoms with Crippen molar-refractivity contribution in [3.05, 3.63) is 41.0 Å². The van der Waals surface area contributed by atoms with Crippen molar-refractivity contribution >= 4 is 82.1 Å². The molecule has 1 aliphatic heterocycles. The highest BCUT2D eigenvalue weighted by molar-refractivity contribution is 7.22. The quantitative estimate of drug-likeness (QED) is 0.347. The zero-order valence-electron chi connectivity index (χ0n) is 20.9. The van der Waals surface area contributed by atoms with Crippen molar-refractivity contribution in [3.63, 3.8) is 0 Å². The molecule has 1 amide bonds. The Morgan fingerprint density at radius 1 is 1.19 bits per heavy atom. The first-order valence-corrected chi connectivity index (χ1v) is 13.2. The number of likely N-dealkylation sites (tertiary alicyclic amines) is 1. The van der Waals surface area contributed by atoms with E-state index in [-0.39, 0.29) is 43.1 Å². The summed E-state index contributed by atoms with van der Waals surface area (Å²) < 4.78 is 1.04. The van der Waals surface area contributed by atoms with E-state index >= 15 is 0 Å². The van der Waals surface area contributed by atoms with Crippen molar-refractivity contribution < 1.29 is 4.79 Å². The van der Waals surface area contributed by atoms with E-state index in [1.54, 1.807) is 17.5 Å². The van der Waals surface area contributed by atoms with E-state index in [4.69, 9.17) is 16.6 Å². The molecule has 0 bridgehead atoms. The van der Waals surface area contributed by atoms with Gasteiger partial charge in [-0.1, -0.05) is 17.7 Å². The Kier molecular flexibility index (Phi) is 12.1. The molecular weight excluding hydrogens is 574 g/mol. The lowest BCUT2D eigenvalue weighted by Crippen LogP contribution is -2.43. The summed E-state index contributed by atoms with van der Waals surface area (Å²) in [6.07, 6.45) is 6.20. The van der Waals surface area contributed by atoms with Gasteiger partial charge in [-0.15, -0.1) is 48.6 Å². The van der Waals surface area contributed by atoms with Gasteiger partial charge < -0.3 is 20.4 Å². The summed E-state index contributed by atoms with van der Waals surface area (Å²) in [4.78, 5) is 27.6. The first-order chi connectivity index (χ1) is 16.5. The zero-order valence-corrected chi connectivity index (χ0v) is 24.9. The van der Waals surface area contributed by atoms with Gasteiger partial charge in [0.2, 0.25) is 5.95 Å². The highest BCUT2D eigenvalue weighted by Gasteiger charge is 2.25. The molecule has 5 rings (SSSR count). The van der Waals surface area contributed by atoms with E-state index in [2.05, 4.69) is 39.5 Å². The fourth-order valence-corrected chi connectivity index (χ4v) is 5.79. The number of benzene rings is 1. The third-order valence-electron chi connectivity index (χ3n) is 6.76. The second kappa shape index (κ2) is 14.1. The van der Waals surface area contributed by atoms with Gasteiger partial charge in [0.1, 0.15) is 5.69 Å². The summed E-state index contributed by atoms with van der Waals surface area (Å²) in [5.41, 5.74) is 1.39. The molecule has 1 aromatic carbocycles. The number of amides is 1. The minimum atomic E-state index is -0.0117. The van der Waals surface area contributed by atoms with Gasteiger partial charge in [0.15, 0.2) is 0 Å². The Morgan fingerprint density at radius 3 is 2.62 bits per heavy atom. The standard InChI is InChI=1S/C25H31ClN6OS.3ClH/c1-31-11-8-17(9-12-31)32(2)13-10-27-25-28-15-20(26)23(30-25)22-14-19-18(4-3-5-21(19)34-22)24(33)29-16-6-7-16;;;/h3-5,14-17H,6-13H2,1-2H3,(H,29,33)(H,27,28,30);3*1H. The van der Waals surface area contributed by atoms with Gasteiger partial charge in [-0.25, -0.2) is 9.97 Å². The molecule has 2 fully saturated rings. The second-order valence-corrected chi connectivity index (χ2v) is 10.9. The Morgan fingerprint density at radius 2 is 1.92 bits per heavy atom. The average molecular weight is 608 g/mol. The third kappa shape index (κ3) is 7.82. The van der Waals surface area contributed by atoms with E-state index < -0.39 is 0 Å². The highest BCUT2D eigenvalue weighted by Crippen LogP contribution is 2.37. The lowest BCUT2D eigenvalue weighted by Gasteiger charge is -2.35. The van der Waals surface area contributed by atoms with Crippen LogP contribution in [0.2, 0.25) is 5.02 Å². The van der Waals surface area contributed by atoms with E-state index in [0.717, 1.165) is 54.0 Å². The Labute approximate surface area is 246 Å². The number of nitrogens with zero attached hydrogens (tertiary/aromatic N) is 4. The molecule has 2 aromatic heterocycles. The largest absolute Gasteiger partial charge is 0.353 e. The second-order valence-electron chi connectivity index (χ2n) is 9.41. The summed E-state index contributed by atoms with van der Waals surface area (Å²) >= 11 is 8.09. The van der Waals surface area contributed by atoms with Gasteiger partial charge in [-0.2, -0.15) is 0 Å². The van der Waals surface area contributed by atoms with E-state index in [1.807, 2.05) is 24.3 Å². The summed E-state index contributed by atoms with van der Waals surface area (Å²) in [7, 11) is 4.38. The molecule has 1 aliphatic carbocycles. The molecule has 2 aliphatic rings. The Hall–Kier alpha value is -1.39. The van der Waals surface area contributed by atoms with Crippen molar-refractivity contribution in [1.29, 1.82) is 0 Å². The number of nitrogens with one attached hydrogen (secondary N) is 2. The van der Waals surface area contributed by atoms with E-state index in [1.165, 1.54) is 12.8 Å². The number of fused-ring (bicyclic) bond motifs is 1. The number of piperidine rings is 1. The monoisotopic (exact) mass is 606 g/mol. The maximum absolute atomic E-state index is 12.7. The zero-order chi connectivity index (χ0) is 23.7. The minimum Gasteiger partial charge on any atom is -0.353 e. The summed E-state index contributed by atoms with van der Waals surface area (Å²) in [5.74, 6) is 0.558. The smallest absolute Gasteiger partial charge is 0.252 e. The summed E-state index contributed by atoms with van der Waals surface area (Å²) in [6.45, 7) is 4.01. The summed E-state index contributed by atoms with van der Waals surface area (Å²) in [5, 5.41) is 7.89. The van der Waals surface area contributed by atoms with Crippen molar-refractivity contribution in [3.8, 4) is 10.6 Å². The number of rotatable bonds is 8. The Bertz CT molecular complexity index is 1180. The first kappa shape index (κ1) is 31.8. The van der Waals surface area contributed by atoms with Crippen LogP contribution >= 0.6 is 60.2 Å². The van der Waals surface area contributed by atoms with E-state index in [9.17, 15) is 4.79 Å². The van der Waals surface area contributed by atoms with Gasteiger partial charge in [0, 0.05) is 40.8 Å². The van der Waals surface area contributed by atoms with Crippen LogP contribution < -0.4 is 10.6 Å². The number of likely N-dealkylation sites (N-methyl/N-ethyl adjacent to an activating group) is 1. The molecule has 12 heteroatoms. The van der Waals surface area contributed by atoms with Gasteiger partial charge in [-0.05, 0) is 71.1 Å². The molecular formula is C25H34Cl4N6OS. The topological polar surface area (TPSA) is 73.4 Å². The van der Waals surface area contributed by atoms with Crippen LogP contribution in [0, 0.1) is 0 Å². The van der Waals surface area contributed by atoms with Crippen LogP contribution in [0.1, 0.15) is 36.0 Å². The SMILES string of the molecule is CN1CCC(N(C)CCNc2ncc(Cl)c(-c3cc4c(C(=O)NC5CC5)cccc4s3)n2)CC1.Cl.Cl.Cl. The highest BCUT2D eigenvalue weighted by atomic mass is 35.5. The number of carbonyl (C=O) groups excluding carboxylic acids is 1. The number of halogens is 4.